The molecule has 0 aliphatic carbocycles. The van der Waals surface area contributed by atoms with E-state index in [1.165, 1.54) is 41.5 Å². The van der Waals surface area contributed by atoms with Crippen LogP contribution in [0.5, 0.6) is 5.75 Å². The van der Waals surface area contributed by atoms with E-state index in [1.54, 1.807) is 6.07 Å². The van der Waals surface area contributed by atoms with Crippen molar-refractivity contribution >= 4 is 33.7 Å². The van der Waals surface area contributed by atoms with Crippen molar-refractivity contribution in [3.8, 4) is 5.75 Å². The number of aromatic amines is 1. The molecule has 3 heterocycles. The Balaban J connectivity index is 2.09. The van der Waals surface area contributed by atoms with Crippen LogP contribution in [-0.2, 0) is 0 Å². The van der Waals surface area contributed by atoms with Gasteiger partial charge in [-0.3, -0.25) is 9.36 Å². The van der Waals surface area contributed by atoms with E-state index in [0.29, 0.717) is 21.8 Å². The van der Waals surface area contributed by atoms with Gasteiger partial charge in [0.15, 0.2) is 5.69 Å². The molecule has 0 bridgehead atoms. The second-order valence-corrected chi connectivity index (χ2v) is 5.21. The standard InChI is InChI=1S/C16H10N4O4/c21-8-1-2-11-9(5-8)10-6-12(16(23)24)19-14(13(10)18-11)15(22)20-4-3-17-7-20/h1-7,18,21H,(H,23,24). The number of imidazole rings is 1. The molecule has 3 N–H and O–H groups in total. The summed E-state index contributed by atoms with van der Waals surface area (Å²) in [5.41, 5.74) is 0.778. The Morgan fingerprint density at radius 3 is 2.71 bits per heavy atom. The highest BCUT2D eigenvalue weighted by Gasteiger charge is 2.21. The number of phenolic OH excluding ortho intramolecular Hbond substituents is 1. The number of pyridine rings is 1. The van der Waals surface area contributed by atoms with Gasteiger partial charge in [0.25, 0.3) is 5.91 Å². The third kappa shape index (κ3) is 2.01. The van der Waals surface area contributed by atoms with Gasteiger partial charge in [0.2, 0.25) is 0 Å². The first-order chi connectivity index (χ1) is 11.5. The summed E-state index contributed by atoms with van der Waals surface area (Å²) in [6.07, 6.45) is 4.22. The third-order valence-corrected chi connectivity index (χ3v) is 3.73. The van der Waals surface area contributed by atoms with Crippen LogP contribution in [0.1, 0.15) is 21.0 Å². The number of rotatable bonds is 2. The van der Waals surface area contributed by atoms with Crippen LogP contribution in [0.25, 0.3) is 21.8 Å². The molecular formula is C16H10N4O4. The number of aromatic carboxylic acids is 1. The molecular weight excluding hydrogens is 312 g/mol. The molecule has 0 spiro atoms. The number of hydrogen-bond acceptors (Lipinski definition) is 5. The zero-order valence-corrected chi connectivity index (χ0v) is 12.1. The molecule has 3 aromatic heterocycles. The second kappa shape index (κ2) is 4.92. The predicted molar refractivity (Wildman–Crippen MR) is 84.2 cm³/mol. The van der Waals surface area contributed by atoms with E-state index in [9.17, 15) is 19.8 Å². The molecule has 118 valence electrons. The summed E-state index contributed by atoms with van der Waals surface area (Å²) >= 11 is 0. The minimum atomic E-state index is -1.24. The van der Waals surface area contributed by atoms with Gasteiger partial charge in [-0.1, -0.05) is 0 Å². The number of nitrogens with zero attached hydrogens (tertiary/aromatic N) is 3. The number of carboxylic acid groups (broad SMARTS) is 1. The van der Waals surface area contributed by atoms with Gasteiger partial charge in [-0.2, -0.15) is 0 Å². The van der Waals surface area contributed by atoms with Crippen LogP contribution >= 0.6 is 0 Å². The minimum Gasteiger partial charge on any atom is -0.508 e. The first-order valence-electron chi connectivity index (χ1n) is 6.96. The molecule has 0 fully saturated rings. The monoisotopic (exact) mass is 322 g/mol. The molecule has 4 aromatic rings. The van der Waals surface area contributed by atoms with Gasteiger partial charge in [-0.05, 0) is 24.3 Å². The Labute approximate surface area is 134 Å². The average Bonchev–Trinajstić information content (AvgIpc) is 3.20. The van der Waals surface area contributed by atoms with Crippen molar-refractivity contribution in [2.24, 2.45) is 0 Å². The van der Waals surface area contributed by atoms with Crippen molar-refractivity contribution < 1.29 is 19.8 Å². The summed E-state index contributed by atoms with van der Waals surface area (Å²) < 4.78 is 1.22. The van der Waals surface area contributed by atoms with Crippen LogP contribution in [0.2, 0.25) is 0 Å². The number of fused-ring (bicyclic) bond motifs is 3. The lowest BCUT2D eigenvalue weighted by molar-refractivity contribution is 0.0690. The molecule has 8 nitrogen and oxygen atoms in total. The fourth-order valence-electron chi connectivity index (χ4n) is 2.65. The smallest absolute Gasteiger partial charge is 0.354 e. The van der Waals surface area contributed by atoms with Crippen molar-refractivity contribution in [1.29, 1.82) is 0 Å². The van der Waals surface area contributed by atoms with Crippen LogP contribution in [0.15, 0.2) is 43.0 Å². The maximum atomic E-state index is 12.6. The average molecular weight is 322 g/mol. The SMILES string of the molecule is O=C(O)c1cc2c([nH]c3ccc(O)cc32)c(C(=O)n2ccnc2)n1. The lowest BCUT2D eigenvalue weighted by Gasteiger charge is -2.04. The summed E-state index contributed by atoms with van der Waals surface area (Å²) in [4.78, 5) is 34.9. The summed E-state index contributed by atoms with van der Waals surface area (Å²) in [5.74, 6) is -1.71. The van der Waals surface area contributed by atoms with Gasteiger partial charge in [0.05, 0.1) is 5.52 Å². The third-order valence-electron chi connectivity index (χ3n) is 3.73. The van der Waals surface area contributed by atoms with E-state index < -0.39 is 11.9 Å². The quantitative estimate of drug-likeness (QED) is 0.519. The molecule has 0 aliphatic heterocycles. The number of nitrogens with one attached hydrogen (secondary N) is 1. The molecule has 4 rings (SSSR count). The predicted octanol–water partition coefficient (Wildman–Crippen LogP) is 2.00. The molecule has 0 radical (unpaired) electrons. The summed E-state index contributed by atoms with van der Waals surface area (Å²) in [6, 6.07) is 6.03. The number of carbonyl (C=O) groups excluding carboxylic acids is 1. The van der Waals surface area contributed by atoms with Crippen molar-refractivity contribution in [3.63, 3.8) is 0 Å². The van der Waals surface area contributed by atoms with Crippen molar-refractivity contribution in [2.45, 2.75) is 0 Å². The first-order valence-corrected chi connectivity index (χ1v) is 6.96. The molecule has 0 saturated carbocycles. The molecule has 0 saturated heterocycles. The van der Waals surface area contributed by atoms with Crippen molar-refractivity contribution in [3.05, 3.63) is 54.4 Å². The lowest BCUT2D eigenvalue weighted by atomic mass is 10.1. The number of aromatic nitrogens is 4. The summed E-state index contributed by atoms with van der Waals surface area (Å²) in [6.45, 7) is 0. The fourth-order valence-corrected chi connectivity index (χ4v) is 2.65. The van der Waals surface area contributed by atoms with E-state index in [0.717, 1.165) is 0 Å². The van der Waals surface area contributed by atoms with Gasteiger partial charge >= 0.3 is 5.97 Å². The van der Waals surface area contributed by atoms with Crippen LogP contribution in [0.4, 0.5) is 0 Å². The second-order valence-electron chi connectivity index (χ2n) is 5.21. The fraction of sp³-hybridized carbons (Fsp3) is 0. The maximum absolute atomic E-state index is 12.6. The largest absolute Gasteiger partial charge is 0.508 e. The van der Waals surface area contributed by atoms with Crippen LogP contribution in [0, 0.1) is 0 Å². The topological polar surface area (TPSA) is 121 Å². The van der Waals surface area contributed by atoms with Gasteiger partial charge in [0.1, 0.15) is 17.8 Å². The summed E-state index contributed by atoms with van der Waals surface area (Å²) in [7, 11) is 0. The zero-order valence-electron chi connectivity index (χ0n) is 12.1. The maximum Gasteiger partial charge on any atom is 0.354 e. The van der Waals surface area contributed by atoms with E-state index >= 15 is 0 Å². The summed E-state index contributed by atoms with van der Waals surface area (Å²) in [5, 5.41) is 20.1. The van der Waals surface area contributed by atoms with Crippen molar-refractivity contribution in [1.82, 2.24) is 19.5 Å². The molecule has 1 aromatic carbocycles. The Bertz CT molecular complexity index is 1110. The molecule has 24 heavy (non-hydrogen) atoms. The van der Waals surface area contributed by atoms with Crippen LogP contribution < -0.4 is 0 Å². The Morgan fingerprint density at radius 2 is 2.00 bits per heavy atom. The van der Waals surface area contributed by atoms with E-state index in [-0.39, 0.29) is 17.1 Å². The number of carboxylic acids is 1. The number of benzene rings is 1. The van der Waals surface area contributed by atoms with Crippen molar-refractivity contribution in [2.75, 3.05) is 0 Å². The Hall–Kier alpha value is -3.68. The molecule has 0 unspecified atom stereocenters. The van der Waals surface area contributed by atoms with E-state index in [1.807, 2.05) is 0 Å². The van der Waals surface area contributed by atoms with Gasteiger partial charge in [-0.15, -0.1) is 0 Å². The van der Waals surface area contributed by atoms with Gasteiger partial charge in [0, 0.05) is 28.7 Å². The highest BCUT2D eigenvalue weighted by atomic mass is 16.4. The zero-order chi connectivity index (χ0) is 16.8. The molecule has 0 amide bonds. The van der Waals surface area contributed by atoms with Gasteiger partial charge < -0.3 is 15.2 Å². The number of carbonyl (C=O) groups is 2. The highest BCUT2D eigenvalue weighted by molar-refractivity contribution is 6.15. The molecule has 8 heteroatoms. The normalized spacial score (nSPS) is 11.2. The van der Waals surface area contributed by atoms with E-state index in [2.05, 4.69) is 15.0 Å². The highest BCUT2D eigenvalue weighted by Crippen LogP contribution is 2.30. The number of phenols is 1. The van der Waals surface area contributed by atoms with Crippen LogP contribution in [0.3, 0.4) is 0 Å². The number of aromatic hydroxyl groups is 1. The first kappa shape index (κ1) is 13.9. The minimum absolute atomic E-state index is 0.0291. The molecule has 0 aliphatic rings. The molecule has 0 atom stereocenters. The van der Waals surface area contributed by atoms with E-state index in [4.69, 9.17) is 0 Å². The number of H-pyrrole nitrogens is 1. The van der Waals surface area contributed by atoms with Gasteiger partial charge in [-0.25, -0.2) is 14.8 Å². The van der Waals surface area contributed by atoms with Crippen LogP contribution in [-0.4, -0.2) is 41.6 Å². The lowest BCUT2D eigenvalue weighted by Crippen LogP contribution is -2.15. The Kier molecular flexibility index (Phi) is 2.86. The Morgan fingerprint density at radius 1 is 1.17 bits per heavy atom. The number of hydrogen-bond donors (Lipinski definition) is 3.